The lowest BCUT2D eigenvalue weighted by Gasteiger charge is -2.08. The van der Waals surface area contributed by atoms with Gasteiger partial charge < -0.3 is 5.32 Å². The van der Waals surface area contributed by atoms with Crippen LogP contribution in [0.4, 0.5) is 5.69 Å². The molecule has 1 heterocycles. The molecule has 1 amide bonds. The van der Waals surface area contributed by atoms with E-state index in [9.17, 15) is 4.79 Å². The first-order chi connectivity index (χ1) is 10.1. The topological polar surface area (TPSA) is 70.7 Å². The Hall–Kier alpha value is -2.69. The summed E-state index contributed by atoms with van der Waals surface area (Å²) in [6.07, 6.45) is 0. The van der Waals surface area contributed by atoms with E-state index in [-0.39, 0.29) is 5.91 Å². The highest BCUT2D eigenvalue weighted by Crippen LogP contribution is 2.18. The van der Waals surface area contributed by atoms with Gasteiger partial charge in [-0.3, -0.25) is 4.79 Å². The number of aromatic nitrogens is 3. The van der Waals surface area contributed by atoms with Crippen LogP contribution < -0.4 is 5.32 Å². The zero-order valence-electron chi connectivity index (χ0n) is 11.9. The molecule has 0 spiro atoms. The van der Waals surface area contributed by atoms with Gasteiger partial charge in [0.05, 0.1) is 0 Å². The van der Waals surface area contributed by atoms with Crippen molar-refractivity contribution in [2.45, 2.75) is 19.8 Å². The molecule has 0 aliphatic carbocycles. The molecule has 21 heavy (non-hydrogen) atoms. The lowest BCUT2D eigenvalue weighted by Crippen LogP contribution is -2.11. The molecule has 0 fully saturated rings. The SMILES string of the molecule is CC(C)c1ccc(NC(=O)c2ccc3n[nH]nc3c2)cc1. The van der Waals surface area contributed by atoms with Crippen LogP contribution in [-0.4, -0.2) is 21.3 Å². The van der Waals surface area contributed by atoms with Crippen LogP contribution in [0.2, 0.25) is 0 Å². The summed E-state index contributed by atoms with van der Waals surface area (Å²) in [5.74, 6) is 0.321. The Balaban J connectivity index is 1.78. The lowest BCUT2D eigenvalue weighted by atomic mass is 10.0. The van der Waals surface area contributed by atoms with Gasteiger partial charge in [0.2, 0.25) is 0 Å². The summed E-state index contributed by atoms with van der Waals surface area (Å²) in [7, 11) is 0. The number of hydrogen-bond donors (Lipinski definition) is 2. The zero-order chi connectivity index (χ0) is 14.8. The number of amides is 1. The van der Waals surface area contributed by atoms with E-state index < -0.39 is 0 Å². The Bertz CT molecular complexity index is 774. The normalized spacial score (nSPS) is 11.0. The van der Waals surface area contributed by atoms with Crippen molar-refractivity contribution in [3.63, 3.8) is 0 Å². The van der Waals surface area contributed by atoms with E-state index >= 15 is 0 Å². The summed E-state index contributed by atoms with van der Waals surface area (Å²) in [4.78, 5) is 12.2. The number of carbonyl (C=O) groups is 1. The van der Waals surface area contributed by atoms with Crippen LogP contribution in [-0.2, 0) is 0 Å². The first kappa shape index (κ1) is 13.3. The summed E-state index contributed by atoms with van der Waals surface area (Å²) in [5, 5.41) is 13.4. The molecular formula is C16H16N4O. The molecule has 0 bridgehead atoms. The third kappa shape index (κ3) is 2.76. The van der Waals surface area contributed by atoms with E-state index in [2.05, 4.69) is 34.6 Å². The molecule has 0 saturated heterocycles. The number of aromatic amines is 1. The number of hydrogen-bond acceptors (Lipinski definition) is 3. The highest BCUT2D eigenvalue weighted by atomic mass is 16.1. The quantitative estimate of drug-likeness (QED) is 0.773. The predicted octanol–water partition coefficient (Wildman–Crippen LogP) is 3.33. The van der Waals surface area contributed by atoms with Crippen molar-refractivity contribution in [3.8, 4) is 0 Å². The van der Waals surface area contributed by atoms with Gasteiger partial charge in [0.15, 0.2) is 0 Å². The second kappa shape index (κ2) is 5.36. The standard InChI is InChI=1S/C16H16N4O/c1-10(2)11-3-6-13(7-4-11)17-16(21)12-5-8-14-15(9-12)19-20-18-14/h3-10H,1-2H3,(H,17,21)(H,18,19,20). The minimum Gasteiger partial charge on any atom is -0.322 e. The number of rotatable bonds is 3. The van der Waals surface area contributed by atoms with Crippen molar-refractivity contribution < 1.29 is 4.79 Å². The van der Waals surface area contributed by atoms with Crippen molar-refractivity contribution in [3.05, 3.63) is 53.6 Å². The molecule has 0 atom stereocenters. The molecule has 2 aromatic carbocycles. The number of nitrogens with one attached hydrogen (secondary N) is 2. The maximum absolute atomic E-state index is 12.2. The fourth-order valence-electron chi connectivity index (χ4n) is 2.14. The summed E-state index contributed by atoms with van der Waals surface area (Å²) in [6.45, 7) is 4.28. The minimum atomic E-state index is -0.155. The van der Waals surface area contributed by atoms with Crippen LogP contribution in [0.1, 0.15) is 35.7 Å². The summed E-state index contributed by atoms with van der Waals surface area (Å²) < 4.78 is 0. The molecule has 3 aromatic rings. The molecule has 3 rings (SSSR count). The van der Waals surface area contributed by atoms with Gasteiger partial charge in [-0.25, -0.2) is 0 Å². The summed E-state index contributed by atoms with van der Waals surface area (Å²) >= 11 is 0. The molecule has 1 aromatic heterocycles. The average molecular weight is 280 g/mol. The number of nitrogens with zero attached hydrogens (tertiary/aromatic N) is 2. The highest BCUT2D eigenvalue weighted by molar-refractivity contribution is 6.05. The third-order valence-electron chi connectivity index (χ3n) is 3.41. The first-order valence-corrected chi connectivity index (χ1v) is 6.85. The third-order valence-corrected chi connectivity index (χ3v) is 3.41. The van der Waals surface area contributed by atoms with E-state index in [1.165, 1.54) is 5.56 Å². The van der Waals surface area contributed by atoms with Gasteiger partial charge in [0.25, 0.3) is 5.91 Å². The van der Waals surface area contributed by atoms with Gasteiger partial charge in [0, 0.05) is 11.3 Å². The molecule has 5 heteroatoms. The summed E-state index contributed by atoms with van der Waals surface area (Å²) in [6, 6.07) is 13.1. The number of carbonyl (C=O) groups excluding carboxylic acids is 1. The molecule has 0 aliphatic heterocycles. The molecule has 106 valence electrons. The van der Waals surface area contributed by atoms with Crippen molar-refractivity contribution in [2.24, 2.45) is 0 Å². The molecule has 5 nitrogen and oxygen atoms in total. The molecule has 0 aliphatic rings. The monoisotopic (exact) mass is 280 g/mol. The minimum absolute atomic E-state index is 0.155. The fourth-order valence-corrected chi connectivity index (χ4v) is 2.14. The van der Waals surface area contributed by atoms with Crippen LogP contribution >= 0.6 is 0 Å². The van der Waals surface area contributed by atoms with Crippen LogP contribution in [0.15, 0.2) is 42.5 Å². The van der Waals surface area contributed by atoms with Gasteiger partial charge in [-0.05, 0) is 41.8 Å². The second-order valence-electron chi connectivity index (χ2n) is 5.26. The number of fused-ring (bicyclic) bond motifs is 1. The lowest BCUT2D eigenvalue weighted by molar-refractivity contribution is 0.102. The Kier molecular flexibility index (Phi) is 3.39. The summed E-state index contributed by atoms with van der Waals surface area (Å²) in [5.41, 5.74) is 4.01. The molecule has 0 radical (unpaired) electrons. The van der Waals surface area contributed by atoms with E-state index in [4.69, 9.17) is 0 Å². The molecule has 2 N–H and O–H groups in total. The zero-order valence-corrected chi connectivity index (χ0v) is 11.9. The molecule has 0 unspecified atom stereocenters. The van der Waals surface area contributed by atoms with Crippen LogP contribution in [0.5, 0.6) is 0 Å². The Labute approximate surface area is 122 Å². The Morgan fingerprint density at radius 1 is 1.05 bits per heavy atom. The predicted molar refractivity (Wildman–Crippen MR) is 82.4 cm³/mol. The number of anilines is 1. The van der Waals surface area contributed by atoms with Gasteiger partial charge in [-0.2, -0.15) is 15.4 Å². The van der Waals surface area contributed by atoms with Crippen molar-refractivity contribution >= 4 is 22.6 Å². The second-order valence-corrected chi connectivity index (χ2v) is 5.26. The first-order valence-electron chi connectivity index (χ1n) is 6.85. The van der Waals surface area contributed by atoms with Gasteiger partial charge in [-0.1, -0.05) is 26.0 Å². The maximum Gasteiger partial charge on any atom is 0.255 e. The number of H-pyrrole nitrogens is 1. The van der Waals surface area contributed by atoms with E-state index in [1.54, 1.807) is 18.2 Å². The highest BCUT2D eigenvalue weighted by Gasteiger charge is 2.08. The molecular weight excluding hydrogens is 264 g/mol. The Morgan fingerprint density at radius 2 is 1.76 bits per heavy atom. The van der Waals surface area contributed by atoms with Crippen LogP contribution in [0.25, 0.3) is 11.0 Å². The van der Waals surface area contributed by atoms with Crippen molar-refractivity contribution in [2.75, 3.05) is 5.32 Å². The van der Waals surface area contributed by atoms with E-state index in [1.807, 2.05) is 24.3 Å². The number of benzene rings is 2. The fraction of sp³-hybridized carbons (Fsp3) is 0.188. The van der Waals surface area contributed by atoms with Crippen LogP contribution in [0, 0.1) is 0 Å². The average Bonchev–Trinajstić information content (AvgIpc) is 2.95. The maximum atomic E-state index is 12.2. The molecule has 0 saturated carbocycles. The van der Waals surface area contributed by atoms with Crippen molar-refractivity contribution in [1.29, 1.82) is 0 Å². The van der Waals surface area contributed by atoms with E-state index in [0.29, 0.717) is 17.0 Å². The van der Waals surface area contributed by atoms with Gasteiger partial charge in [0.1, 0.15) is 11.0 Å². The van der Waals surface area contributed by atoms with Gasteiger partial charge >= 0.3 is 0 Å². The van der Waals surface area contributed by atoms with E-state index in [0.717, 1.165) is 11.2 Å². The van der Waals surface area contributed by atoms with Crippen LogP contribution in [0.3, 0.4) is 0 Å². The van der Waals surface area contributed by atoms with Crippen molar-refractivity contribution in [1.82, 2.24) is 15.4 Å². The van der Waals surface area contributed by atoms with Gasteiger partial charge in [-0.15, -0.1) is 0 Å². The largest absolute Gasteiger partial charge is 0.322 e. The smallest absolute Gasteiger partial charge is 0.255 e. The Morgan fingerprint density at radius 3 is 2.48 bits per heavy atom.